The summed E-state index contributed by atoms with van der Waals surface area (Å²) in [5, 5.41) is 9.27. The quantitative estimate of drug-likeness (QED) is 0.839. The van der Waals surface area contributed by atoms with Gasteiger partial charge in [0.15, 0.2) is 0 Å². The maximum atomic E-state index is 12.6. The molecule has 1 N–H and O–H groups in total. The Morgan fingerprint density at radius 2 is 1.55 bits per heavy atom. The number of fused-ring (bicyclic) bond motifs is 1. The second-order valence-electron chi connectivity index (χ2n) is 5.46. The molecule has 1 amide bonds. The molecule has 2 aliphatic rings. The molecule has 2 atom stereocenters. The summed E-state index contributed by atoms with van der Waals surface area (Å²) in [7, 11) is 0. The van der Waals surface area contributed by atoms with E-state index in [2.05, 4.69) is 0 Å². The predicted octanol–water partition coefficient (Wildman–Crippen LogP) is 2.20. The molecule has 0 spiro atoms. The van der Waals surface area contributed by atoms with Crippen LogP contribution in [0.15, 0.2) is 36.4 Å². The lowest BCUT2D eigenvalue weighted by Gasteiger charge is -2.28. The molecule has 0 radical (unpaired) electrons. The molecule has 1 aliphatic carbocycles. The highest BCUT2D eigenvalue weighted by molar-refractivity contribution is 5.85. The zero-order valence-corrected chi connectivity index (χ0v) is 11.2. The van der Waals surface area contributed by atoms with Gasteiger partial charge in [-0.15, -0.1) is 0 Å². The summed E-state index contributed by atoms with van der Waals surface area (Å²) in [6.45, 7) is 1.20. The third-order valence-corrected chi connectivity index (χ3v) is 4.22. The fraction of sp³-hybridized carbons (Fsp3) is 0.375. The monoisotopic (exact) mass is 271 g/mol. The van der Waals surface area contributed by atoms with Gasteiger partial charge in [-0.1, -0.05) is 36.4 Å². The molecule has 20 heavy (non-hydrogen) atoms. The first kappa shape index (κ1) is 12.9. The Bertz CT molecular complexity index is 554. The predicted molar refractivity (Wildman–Crippen MR) is 73.7 cm³/mol. The average Bonchev–Trinajstić information content (AvgIpc) is 2.90. The molecule has 4 heteroatoms. The Morgan fingerprint density at radius 1 is 1.00 bits per heavy atom. The van der Waals surface area contributed by atoms with Crippen LogP contribution >= 0.6 is 0 Å². The summed E-state index contributed by atoms with van der Waals surface area (Å²) < 4.78 is 0. The second-order valence-corrected chi connectivity index (χ2v) is 5.46. The maximum Gasteiger partial charge on any atom is 0.307 e. The van der Waals surface area contributed by atoms with E-state index < -0.39 is 17.8 Å². The number of nitrogens with zero attached hydrogens (tertiary/aromatic N) is 1. The number of benzene rings is 1. The van der Waals surface area contributed by atoms with E-state index in [1.807, 2.05) is 36.4 Å². The molecule has 3 rings (SSSR count). The van der Waals surface area contributed by atoms with Crippen molar-refractivity contribution >= 4 is 11.9 Å². The Morgan fingerprint density at radius 3 is 2.10 bits per heavy atom. The third kappa shape index (κ3) is 2.22. The lowest BCUT2D eigenvalue weighted by atomic mass is 9.82. The lowest BCUT2D eigenvalue weighted by molar-refractivity contribution is -0.150. The normalized spacial score (nSPS) is 24.5. The fourth-order valence-electron chi connectivity index (χ4n) is 3.08. The number of allylic oxidation sites excluding steroid dienone is 2. The van der Waals surface area contributed by atoms with Crippen molar-refractivity contribution in [3.05, 3.63) is 47.5 Å². The first-order valence-corrected chi connectivity index (χ1v) is 6.90. The number of rotatable bonds is 2. The van der Waals surface area contributed by atoms with Crippen molar-refractivity contribution in [1.82, 2.24) is 4.90 Å². The molecule has 0 saturated carbocycles. The maximum absolute atomic E-state index is 12.6. The first-order chi connectivity index (χ1) is 9.66. The number of carboxylic acids is 1. The van der Waals surface area contributed by atoms with Crippen molar-refractivity contribution in [1.29, 1.82) is 0 Å². The number of carbonyl (C=O) groups excluding carboxylic acids is 1. The van der Waals surface area contributed by atoms with Crippen molar-refractivity contribution < 1.29 is 14.7 Å². The molecule has 1 aromatic carbocycles. The van der Waals surface area contributed by atoms with Crippen LogP contribution in [0.2, 0.25) is 0 Å². The van der Waals surface area contributed by atoms with Crippen molar-refractivity contribution in [3.63, 3.8) is 0 Å². The average molecular weight is 271 g/mol. The zero-order valence-electron chi connectivity index (χ0n) is 11.2. The lowest BCUT2D eigenvalue weighted by Crippen LogP contribution is -2.39. The molecule has 0 aromatic heterocycles. The standard InChI is InChI=1S/C16H17NO3/c18-15(13-7-3-4-8-14(13)16(19)20)17-9-11-5-1-2-6-12(11)10-17/h1-6,13-14H,7-10H2,(H,19,20)/t13-,14+/m1/s1. The van der Waals surface area contributed by atoms with Crippen LogP contribution < -0.4 is 0 Å². The summed E-state index contributed by atoms with van der Waals surface area (Å²) in [6.07, 6.45) is 4.77. The number of carboxylic acid groups (broad SMARTS) is 1. The van der Waals surface area contributed by atoms with Crippen LogP contribution in [0.1, 0.15) is 24.0 Å². The molecular weight excluding hydrogens is 254 g/mol. The van der Waals surface area contributed by atoms with Crippen LogP contribution in [-0.4, -0.2) is 21.9 Å². The van der Waals surface area contributed by atoms with Crippen molar-refractivity contribution in [3.8, 4) is 0 Å². The van der Waals surface area contributed by atoms with Gasteiger partial charge in [-0.2, -0.15) is 0 Å². The van der Waals surface area contributed by atoms with Gasteiger partial charge in [-0.25, -0.2) is 0 Å². The Labute approximate surface area is 117 Å². The van der Waals surface area contributed by atoms with Gasteiger partial charge in [0, 0.05) is 13.1 Å². The number of carbonyl (C=O) groups is 2. The van der Waals surface area contributed by atoms with Crippen molar-refractivity contribution in [2.45, 2.75) is 25.9 Å². The topological polar surface area (TPSA) is 57.6 Å². The molecule has 0 fully saturated rings. The van der Waals surface area contributed by atoms with Gasteiger partial charge in [0.25, 0.3) is 0 Å². The molecular formula is C16H17NO3. The second kappa shape index (κ2) is 5.12. The van der Waals surface area contributed by atoms with Crippen LogP contribution in [0.3, 0.4) is 0 Å². The Balaban J connectivity index is 1.77. The largest absolute Gasteiger partial charge is 0.481 e. The minimum absolute atomic E-state index is 0.0297. The SMILES string of the molecule is O=C(O)[C@H]1CC=CC[C@H]1C(=O)N1Cc2ccccc2C1. The van der Waals surface area contributed by atoms with E-state index in [0.717, 1.165) is 0 Å². The van der Waals surface area contributed by atoms with E-state index in [0.29, 0.717) is 25.9 Å². The molecule has 104 valence electrons. The van der Waals surface area contributed by atoms with Crippen LogP contribution in [0.25, 0.3) is 0 Å². The highest BCUT2D eigenvalue weighted by Crippen LogP contribution is 2.31. The number of amides is 1. The van der Waals surface area contributed by atoms with Crippen molar-refractivity contribution in [2.24, 2.45) is 11.8 Å². The van der Waals surface area contributed by atoms with Crippen LogP contribution in [0, 0.1) is 11.8 Å². The molecule has 4 nitrogen and oxygen atoms in total. The van der Waals surface area contributed by atoms with Gasteiger partial charge in [0.1, 0.15) is 0 Å². The highest BCUT2D eigenvalue weighted by atomic mass is 16.4. The Kier molecular flexibility index (Phi) is 3.30. The first-order valence-electron chi connectivity index (χ1n) is 6.90. The van der Waals surface area contributed by atoms with E-state index in [4.69, 9.17) is 0 Å². The summed E-state index contributed by atoms with van der Waals surface area (Å²) >= 11 is 0. The smallest absolute Gasteiger partial charge is 0.307 e. The van der Waals surface area contributed by atoms with Crippen LogP contribution in [-0.2, 0) is 22.7 Å². The van der Waals surface area contributed by atoms with Gasteiger partial charge in [0.05, 0.1) is 11.8 Å². The van der Waals surface area contributed by atoms with Crippen LogP contribution in [0.4, 0.5) is 0 Å². The fourth-order valence-corrected chi connectivity index (χ4v) is 3.08. The van der Waals surface area contributed by atoms with Crippen molar-refractivity contribution in [2.75, 3.05) is 0 Å². The van der Waals surface area contributed by atoms with Gasteiger partial charge >= 0.3 is 5.97 Å². The summed E-state index contributed by atoms with van der Waals surface area (Å²) in [5.41, 5.74) is 2.33. The third-order valence-electron chi connectivity index (χ3n) is 4.22. The highest BCUT2D eigenvalue weighted by Gasteiger charge is 2.37. The molecule has 0 bridgehead atoms. The molecule has 1 aliphatic heterocycles. The minimum Gasteiger partial charge on any atom is -0.481 e. The van der Waals surface area contributed by atoms with E-state index >= 15 is 0 Å². The molecule has 0 saturated heterocycles. The van der Waals surface area contributed by atoms with Gasteiger partial charge in [-0.05, 0) is 24.0 Å². The molecule has 0 unspecified atom stereocenters. The summed E-state index contributed by atoms with van der Waals surface area (Å²) in [4.78, 5) is 25.7. The van der Waals surface area contributed by atoms with Gasteiger partial charge in [-0.3, -0.25) is 9.59 Å². The molecule has 1 heterocycles. The van der Waals surface area contributed by atoms with E-state index in [9.17, 15) is 14.7 Å². The Hall–Kier alpha value is -2.10. The van der Waals surface area contributed by atoms with Gasteiger partial charge in [0.2, 0.25) is 5.91 Å². The number of hydrogen-bond donors (Lipinski definition) is 1. The number of aliphatic carboxylic acids is 1. The van der Waals surface area contributed by atoms with E-state index in [1.165, 1.54) is 11.1 Å². The summed E-state index contributed by atoms with van der Waals surface area (Å²) in [6, 6.07) is 7.99. The van der Waals surface area contributed by atoms with Crippen LogP contribution in [0.5, 0.6) is 0 Å². The molecule has 1 aromatic rings. The van der Waals surface area contributed by atoms with E-state index in [1.54, 1.807) is 4.90 Å². The zero-order chi connectivity index (χ0) is 14.1. The minimum atomic E-state index is -0.871. The van der Waals surface area contributed by atoms with E-state index in [-0.39, 0.29) is 5.91 Å². The van der Waals surface area contributed by atoms with Gasteiger partial charge < -0.3 is 10.0 Å². The number of hydrogen-bond acceptors (Lipinski definition) is 2. The summed E-state index contributed by atoms with van der Waals surface area (Å²) in [5.74, 6) is -1.91.